The number of carbonyl (C=O) groups excluding carboxylic acids is 2. The predicted octanol–water partition coefficient (Wildman–Crippen LogP) is 4.01. The molecule has 2 aromatic carbocycles. The molecule has 2 aliphatic heterocycles. The van der Waals surface area contributed by atoms with Crippen molar-refractivity contribution in [1.82, 2.24) is 15.0 Å². The van der Waals surface area contributed by atoms with Crippen LogP contribution in [0.1, 0.15) is 47.8 Å². The van der Waals surface area contributed by atoms with E-state index in [1.165, 1.54) is 12.1 Å². The summed E-state index contributed by atoms with van der Waals surface area (Å²) in [5, 5.41) is 6.84. The largest absolute Gasteiger partial charge is 0.368 e. The number of halogens is 1. The van der Waals surface area contributed by atoms with Crippen LogP contribution in [0.15, 0.2) is 53.1 Å². The molecule has 0 saturated carbocycles. The maximum atomic E-state index is 13.5. The number of rotatable bonds is 5. The smallest absolute Gasteiger partial charge is 0.253 e. The number of hydrogen-bond acceptors (Lipinski definition) is 6. The van der Waals surface area contributed by atoms with Crippen LogP contribution in [0.2, 0.25) is 0 Å². The van der Waals surface area contributed by atoms with Gasteiger partial charge in [0.2, 0.25) is 11.7 Å². The van der Waals surface area contributed by atoms with E-state index < -0.39 is 6.10 Å². The van der Waals surface area contributed by atoms with Gasteiger partial charge in [-0.05, 0) is 56.0 Å². The first-order valence-electron chi connectivity index (χ1n) is 11.5. The Kier molecular flexibility index (Phi) is 6.35. The van der Waals surface area contributed by atoms with Crippen molar-refractivity contribution in [3.8, 4) is 11.4 Å². The predicted molar refractivity (Wildman–Crippen MR) is 122 cm³/mol. The number of aromatic nitrogens is 2. The number of nitrogens with zero attached hydrogens (tertiary/aromatic N) is 3. The standard InChI is InChI=1S/C25H25FN4O4/c26-19-8-1-5-16(13-19)22-28-24(34-29-22)18-7-3-11-30(15-18)25(32)17-6-2-9-20(14-17)27-23(31)21-10-4-12-33-21/h1-2,5-6,8-9,13-14,18,21H,3-4,7,10-12,15H2,(H,27,31). The van der Waals surface area contributed by atoms with Crippen molar-refractivity contribution < 1.29 is 23.2 Å². The van der Waals surface area contributed by atoms with Gasteiger partial charge in [0.05, 0.1) is 5.92 Å². The van der Waals surface area contributed by atoms with Gasteiger partial charge < -0.3 is 19.5 Å². The number of piperidine rings is 1. The van der Waals surface area contributed by atoms with Crippen LogP contribution < -0.4 is 5.32 Å². The van der Waals surface area contributed by atoms with E-state index in [1.807, 2.05) is 0 Å². The van der Waals surface area contributed by atoms with Gasteiger partial charge in [0.15, 0.2) is 0 Å². The number of amides is 2. The average Bonchev–Trinajstić information content (AvgIpc) is 3.57. The molecule has 34 heavy (non-hydrogen) atoms. The molecule has 0 spiro atoms. The van der Waals surface area contributed by atoms with Crippen molar-refractivity contribution >= 4 is 17.5 Å². The highest BCUT2D eigenvalue weighted by Crippen LogP contribution is 2.29. The molecule has 3 heterocycles. The molecular formula is C25H25FN4O4. The van der Waals surface area contributed by atoms with E-state index in [9.17, 15) is 14.0 Å². The van der Waals surface area contributed by atoms with Crippen molar-refractivity contribution in [1.29, 1.82) is 0 Å². The minimum atomic E-state index is -0.436. The molecule has 0 bridgehead atoms. The molecule has 2 aliphatic rings. The Morgan fingerprint density at radius 1 is 1.09 bits per heavy atom. The summed E-state index contributed by atoms with van der Waals surface area (Å²) in [6.07, 6.45) is 2.75. The highest BCUT2D eigenvalue weighted by molar-refractivity contribution is 5.98. The summed E-state index contributed by atoms with van der Waals surface area (Å²) in [6, 6.07) is 13.0. The van der Waals surface area contributed by atoms with Crippen molar-refractivity contribution in [3.05, 3.63) is 65.8 Å². The van der Waals surface area contributed by atoms with Gasteiger partial charge in [-0.15, -0.1) is 0 Å². The van der Waals surface area contributed by atoms with Gasteiger partial charge >= 0.3 is 0 Å². The Balaban J connectivity index is 1.26. The SMILES string of the molecule is O=C(Nc1cccc(C(=O)N2CCCC(c3nc(-c4cccc(F)c4)no3)C2)c1)C1CCCO1. The molecule has 2 amide bonds. The fourth-order valence-electron chi connectivity index (χ4n) is 4.43. The summed E-state index contributed by atoms with van der Waals surface area (Å²) < 4.78 is 24.4. The molecule has 2 saturated heterocycles. The molecule has 8 nitrogen and oxygen atoms in total. The fourth-order valence-corrected chi connectivity index (χ4v) is 4.43. The van der Waals surface area contributed by atoms with Crippen LogP contribution in [-0.4, -0.2) is 52.7 Å². The minimum Gasteiger partial charge on any atom is -0.368 e. The summed E-state index contributed by atoms with van der Waals surface area (Å²) in [4.78, 5) is 31.8. The molecule has 2 fully saturated rings. The fraction of sp³-hybridized carbons (Fsp3) is 0.360. The highest BCUT2D eigenvalue weighted by Gasteiger charge is 2.30. The van der Waals surface area contributed by atoms with Crippen LogP contribution in [0.4, 0.5) is 10.1 Å². The van der Waals surface area contributed by atoms with Gasteiger partial charge in [0.1, 0.15) is 11.9 Å². The number of likely N-dealkylation sites (tertiary alicyclic amines) is 1. The first-order chi connectivity index (χ1) is 16.6. The summed E-state index contributed by atoms with van der Waals surface area (Å²) in [6.45, 7) is 1.65. The zero-order chi connectivity index (χ0) is 23.5. The molecule has 176 valence electrons. The third-order valence-corrected chi connectivity index (χ3v) is 6.18. The third kappa shape index (κ3) is 4.84. The molecular weight excluding hydrogens is 439 g/mol. The van der Waals surface area contributed by atoms with Crippen molar-refractivity contribution in [2.45, 2.75) is 37.7 Å². The molecule has 0 radical (unpaired) electrons. The van der Waals surface area contributed by atoms with Gasteiger partial charge in [0, 0.05) is 36.5 Å². The quantitative estimate of drug-likeness (QED) is 0.613. The van der Waals surface area contributed by atoms with E-state index in [4.69, 9.17) is 9.26 Å². The normalized spacial score (nSPS) is 20.3. The van der Waals surface area contributed by atoms with Crippen LogP contribution in [0.3, 0.4) is 0 Å². The average molecular weight is 464 g/mol. The number of anilines is 1. The maximum absolute atomic E-state index is 13.5. The molecule has 9 heteroatoms. The van der Waals surface area contributed by atoms with Gasteiger partial charge in [-0.2, -0.15) is 4.98 Å². The van der Waals surface area contributed by atoms with Gasteiger partial charge in [-0.25, -0.2) is 4.39 Å². The first-order valence-corrected chi connectivity index (χ1v) is 11.5. The van der Waals surface area contributed by atoms with E-state index in [0.29, 0.717) is 54.6 Å². The Morgan fingerprint density at radius 2 is 1.97 bits per heavy atom. The van der Waals surface area contributed by atoms with Crippen LogP contribution in [0, 0.1) is 5.82 Å². The van der Waals surface area contributed by atoms with Crippen molar-refractivity contribution in [3.63, 3.8) is 0 Å². The molecule has 1 N–H and O–H groups in total. The zero-order valence-electron chi connectivity index (χ0n) is 18.6. The van der Waals surface area contributed by atoms with E-state index in [0.717, 1.165) is 19.3 Å². The lowest BCUT2D eigenvalue weighted by Gasteiger charge is -2.31. The van der Waals surface area contributed by atoms with E-state index >= 15 is 0 Å². The molecule has 2 unspecified atom stereocenters. The van der Waals surface area contributed by atoms with E-state index in [1.54, 1.807) is 41.3 Å². The first kappa shape index (κ1) is 22.2. The van der Waals surface area contributed by atoms with Crippen LogP contribution >= 0.6 is 0 Å². The number of benzene rings is 2. The summed E-state index contributed by atoms with van der Waals surface area (Å²) in [7, 11) is 0. The molecule has 5 rings (SSSR count). The lowest BCUT2D eigenvalue weighted by atomic mass is 9.97. The van der Waals surface area contributed by atoms with Crippen molar-refractivity contribution in [2.24, 2.45) is 0 Å². The van der Waals surface area contributed by atoms with Crippen LogP contribution in [0.5, 0.6) is 0 Å². The Hall–Kier alpha value is -3.59. The second-order valence-corrected chi connectivity index (χ2v) is 8.63. The van der Waals surface area contributed by atoms with E-state index in [2.05, 4.69) is 15.5 Å². The lowest BCUT2D eigenvalue weighted by Crippen LogP contribution is -2.39. The zero-order valence-corrected chi connectivity index (χ0v) is 18.6. The maximum Gasteiger partial charge on any atom is 0.253 e. The Morgan fingerprint density at radius 3 is 2.79 bits per heavy atom. The van der Waals surface area contributed by atoms with E-state index in [-0.39, 0.29) is 23.5 Å². The molecule has 2 atom stereocenters. The Labute approximate surface area is 196 Å². The monoisotopic (exact) mass is 464 g/mol. The summed E-state index contributed by atoms with van der Waals surface area (Å²) >= 11 is 0. The summed E-state index contributed by atoms with van der Waals surface area (Å²) in [5.41, 5.74) is 1.61. The van der Waals surface area contributed by atoms with Gasteiger partial charge in [-0.1, -0.05) is 23.4 Å². The third-order valence-electron chi connectivity index (χ3n) is 6.18. The molecule has 1 aromatic heterocycles. The van der Waals surface area contributed by atoms with Crippen LogP contribution in [-0.2, 0) is 9.53 Å². The van der Waals surface area contributed by atoms with Crippen molar-refractivity contribution in [2.75, 3.05) is 25.0 Å². The number of carbonyl (C=O) groups is 2. The highest BCUT2D eigenvalue weighted by atomic mass is 19.1. The van der Waals surface area contributed by atoms with Gasteiger partial charge in [-0.3, -0.25) is 9.59 Å². The number of nitrogens with one attached hydrogen (secondary N) is 1. The lowest BCUT2D eigenvalue weighted by molar-refractivity contribution is -0.124. The number of hydrogen-bond donors (Lipinski definition) is 1. The van der Waals surface area contributed by atoms with Gasteiger partial charge in [0.25, 0.3) is 11.8 Å². The topological polar surface area (TPSA) is 97.6 Å². The van der Waals surface area contributed by atoms with Crippen LogP contribution in [0.25, 0.3) is 11.4 Å². The Bertz CT molecular complexity index is 1190. The number of ether oxygens (including phenoxy) is 1. The molecule has 3 aromatic rings. The summed E-state index contributed by atoms with van der Waals surface area (Å²) in [5.74, 6) is -0.0159. The molecule has 0 aliphatic carbocycles. The minimum absolute atomic E-state index is 0.102. The second kappa shape index (κ2) is 9.72. The second-order valence-electron chi connectivity index (χ2n) is 8.63.